The van der Waals surface area contributed by atoms with E-state index < -0.39 is 33.9 Å². The van der Waals surface area contributed by atoms with Crippen molar-refractivity contribution in [1.29, 1.82) is 0 Å². The molecule has 3 aliphatic rings. The molecule has 2 heterocycles. The van der Waals surface area contributed by atoms with E-state index in [1.54, 1.807) is 24.3 Å². The minimum Gasteiger partial charge on any atom is -0.455 e. The predicted molar refractivity (Wildman–Crippen MR) is 144 cm³/mol. The van der Waals surface area contributed by atoms with Crippen LogP contribution in [0.15, 0.2) is 47.4 Å². The van der Waals surface area contributed by atoms with Crippen LogP contribution < -0.4 is 10.2 Å². The van der Waals surface area contributed by atoms with Gasteiger partial charge in [-0.3, -0.25) is 9.59 Å². The summed E-state index contributed by atoms with van der Waals surface area (Å²) in [5.41, 5.74) is 0.873. The number of morpholine rings is 1. The van der Waals surface area contributed by atoms with Crippen molar-refractivity contribution in [2.75, 3.05) is 56.2 Å². The van der Waals surface area contributed by atoms with Crippen molar-refractivity contribution < 1.29 is 31.9 Å². The Morgan fingerprint density at radius 3 is 2.28 bits per heavy atom. The van der Waals surface area contributed by atoms with Crippen LogP contribution in [0.1, 0.15) is 44.1 Å². The zero-order chi connectivity index (χ0) is 27.5. The Labute approximate surface area is 228 Å². The van der Waals surface area contributed by atoms with E-state index in [9.17, 15) is 22.4 Å². The standard InChI is InChI=1S/C28H34FN3O6S/c29-22-7-5-21(6-8-22)28(11-1-2-12-28)27(34)38-20-26(33)30-24-19-23(9-10-25(24)31-13-3-4-14-31)39(35,36)32-15-17-37-18-16-32/h5-10,19H,1-4,11-18,20H2,(H,30,33). The fraction of sp³-hybridized carbons (Fsp3) is 0.500. The number of carbonyl (C=O) groups is 2. The first-order valence-corrected chi connectivity index (χ1v) is 14.9. The minimum absolute atomic E-state index is 0.0841. The third-order valence-corrected chi connectivity index (χ3v) is 9.77. The van der Waals surface area contributed by atoms with Gasteiger partial charge in [0, 0.05) is 26.2 Å². The lowest BCUT2D eigenvalue weighted by molar-refractivity contribution is -0.153. The predicted octanol–water partition coefficient (Wildman–Crippen LogP) is 3.44. The maximum atomic E-state index is 13.5. The van der Waals surface area contributed by atoms with E-state index in [1.165, 1.54) is 22.5 Å². The molecule has 0 radical (unpaired) electrons. The van der Waals surface area contributed by atoms with Crippen LogP contribution in [0.4, 0.5) is 15.8 Å². The second-order valence-electron chi connectivity index (χ2n) is 10.3. The Balaban J connectivity index is 1.33. The van der Waals surface area contributed by atoms with Crippen LogP contribution in [-0.2, 0) is 34.5 Å². The lowest BCUT2D eigenvalue weighted by Gasteiger charge is -2.28. The molecule has 2 saturated heterocycles. The second-order valence-corrected chi connectivity index (χ2v) is 12.2. The molecule has 0 unspecified atom stereocenters. The summed E-state index contributed by atoms with van der Waals surface area (Å²) in [6.07, 6.45) is 4.82. The van der Waals surface area contributed by atoms with Gasteiger partial charge < -0.3 is 19.7 Å². The van der Waals surface area contributed by atoms with Gasteiger partial charge in [0.25, 0.3) is 5.91 Å². The van der Waals surface area contributed by atoms with Crippen molar-refractivity contribution in [2.24, 2.45) is 0 Å². The Morgan fingerprint density at radius 2 is 1.62 bits per heavy atom. The smallest absolute Gasteiger partial charge is 0.317 e. The van der Waals surface area contributed by atoms with Crippen molar-refractivity contribution in [2.45, 2.75) is 48.8 Å². The molecule has 11 heteroatoms. The highest BCUT2D eigenvalue weighted by molar-refractivity contribution is 7.89. The Morgan fingerprint density at radius 1 is 0.949 bits per heavy atom. The molecular weight excluding hydrogens is 525 g/mol. The minimum atomic E-state index is -3.77. The number of rotatable bonds is 8. The Bertz CT molecular complexity index is 1300. The van der Waals surface area contributed by atoms with E-state index in [2.05, 4.69) is 10.2 Å². The molecule has 9 nitrogen and oxygen atoms in total. The number of amides is 1. The van der Waals surface area contributed by atoms with Gasteiger partial charge in [0.05, 0.1) is 34.9 Å². The highest BCUT2D eigenvalue weighted by Crippen LogP contribution is 2.42. The summed E-state index contributed by atoms with van der Waals surface area (Å²) in [6.45, 7) is 2.29. The molecule has 2 aromatic carbocycles. The highest BCUT2D eigenvalue weighted by atomic mass is 32.2. The van der Waals surface area contributed by atoms with Crippen molar-refractivity contribution in [3.05, 3.63) is 53.8 Å². The van der Waals surface area contributed by atoms with Gasteiger partial charge in [0.1, 0.15) is 5.82 Å². The summed E-state index contributed by atoms with van der Waals surface area (Å²) >= 11 is 0. The number of esters is 1. The summed E-state index contributed by atoms with van der Waals surface area (Å²) in [7, 11) is -3.77. The topological polar surface area (TPSA) is 105 Å². The van der Waals surface area contributed by atoms with Crippen LogP contribution in [0.5, 0.6) is 0 Å². The zero-order valence-electron chi connectivity index (χ0n) is 21.9. The Kier molecular flexibility index (Phi) is 8.20. The molecule has 3 fully saturated rings. The molecule has 39 heavy (non-hydrogen) atoms. The van der Waals surface area contributed by atoms with Crippen LogP contribution in [-0.4, -0.2) is 70.6 Å². The largest absolute Gasteiger partial charge is 0.455 e. The molecule has 1 saturated carbocycles. The van der Waals surface area contributed by atoms with Gasteiger partial charge in [-0.2, -0.15) is 4.31 Å². The average Bonchev–Trinajstić information content (AvgIpc) is 3.66. The highest BCUT2D eigenvalue weighted by Gasteiger charge is 2.44. The van der Waals surface area contributed by atoms with Gasteiger partial charge in [-0.05, 0) is 61.6 Å². The van der Waals surface area contributed by atoms with E-state index in [0.29, 0.717) is 37.3 Å². The van der Waals surface area contributed by atoms with Crippen LogP contribution >= 0.6 is 0 Å². The van der Waals surface area contributed by atoms with Gasteiger partial charge in [0.15, 0.2) is 6.61 Å². The van der Waals surface area contributed by atoms with Crippen molar-refractivity contribution in [3.63, 3.8) is 0 Å². The monoisotopic (exact) mass is 559 g/mol. The maximum absolute atomic E-state index is 13.5. The lowest BCUT2D eigenvalue weighted by atomic mass is 9.79. The van der Waals surface area contributed by atoms with Crippen LogP contribution in [0.25, 0.3) is 0 Å². The quantitative estimate of drug-likeness (QED) is 0.494. The normalized spacial score (nSPS) is 19.7. The molecule has 1 amide bonds. The van der Waals surface area contributed by atoms with E-state index in [4.69, 9.17) is 9.47 Å². The van der Waals surface area contributed by atoms with E-state index in [1.807, 2.05) is 0 Å². The Hall–Kier alpha value is -3.02. The molecule has 0 bridgehead atoms. The molecule has 1 N–H and O–H groups in total. The zero-order valence-corrected chi connectivity index (χ0v) is 22.7. The number of benzene rings is 2. The number of sulfonamides is 1. The molecule has 210 valence electrons. The van der Waals surface area contributed by atoms with E-state index >= 15 is 0 Å². The SMILES string of the molecule is O=C(COC(=O)C1(c2ccc(F)cc2)CCCC1)Nc1cc(S(=O)(=O)N2CCOCC2)ccc1N1CCCC1. The summed E-state index contributed by atoms with van der Waals surface area (Å²) < 4.78 is 52.2. The fourth-order valence-electron chi connectivity index (χ4n) is 5.76. The third-order valence-electron chi connectivity index (χ3n) is 7.88. The van der Waals surface area contributed by atoms with Gasteiger partial charge in [-0.1, -0.05) is 25.0 Å². The van der Waals surface area contributed by atoms with Crippen molar-refractivity contribution in [1.82, 2.24) is 4.31 Å². The number of hydrogen-bond donors (Lipinski definition) is 1. The third kappa shape index (κ3) is 5.80. The number of ether oxygens (including phenoxy) is 2. The number of carbonyl (C=O) groups excluding carboxylic acids is 2. The summed E-state index contributed by atoms with van der Waals surface area (Å²) in [4.78, 5) is 28.5. The number of anilines is 2. The molecule has 5 rings (SSSR count). The fourth-order valence-corrected chi connectivity index (χ4v) is 7.19. The van der Waals surface area contributed by atoms with Crippen LogP contribution in [0, 0.1) is 5.82 Å². The number of nitrogens with zero attached hydrogens (tertiary/aromatic N) is 2. The second kappa shape index (κ2) is 11.6. The summed E-state index contributed by atoms with van der Waals surface area (Å²) in [5, 5.41) is 2.79. The van der Waals surface area contributed by atoms with Crippen LogP contribution in [0.2, 0.25) is 0 Å². The number of nitrogens with one attached hydrogen (secondary N) is 1. The molecular formula is C28H34FN3O6S. The van der Waals surface area contributed by atoms with E-state index in [0.717, 1.165) is 44.5 Å². The first-order chi connectivity index (χ1) is 18.8. The number of hydrogen-bond acceptors (Lipinski definition) is 7. The summed E-state index contributed by atoms with van der Waals surface area (Å²) in [6, 6.07) is 10.6. The number of halogens is 1. The molecule has 0 spiro atoms. The molecule has 1 aliphatic carbocycles. The maximum Gasteiger partial charge on any atom is 0.317 e. The average molecular weight is 560 g/mol. The van der Waals surface area contributed by atoms with Gasteiger partial charge >= 0.3 is 5.97 Å². The van der Waals surface area contributed by atoms with Gasteiger partial charge in [0.2, 0.25) is 10.0 Å². The van der Waals surface area contributed by atoms with Crippen molar-refractivity contribution in [3.8, 4) is 0 Å². The van der Waals surface area contributed by atoms with E-state index in [-0.39, 0.29) is 23.8 Å². The molecule has 0 aromatic heterocycles. The van der Waals surface area contributed by atoms with Gasteiger partial charge in [-0.25, -0.2) is 12.8 Å². The summed E-state index contributed by atoms with van der Waals surface area (Å²) in [5.74, 6) is -1.45. The van der Waals surface area contributed by atoms with Gasteiger partial charge in [-0.15, -0.1) is 0 Å². The molecule has 0 atom stereocenters. The lowest BCUT2D eigenvalue weighted by Crippen LogP contribution is -2.40. The van der Waals surface area contributed by atoms with Crippen molar-refractivity contribution >= 4 is 33.3 Å². The van der Waals surface area contributed by atoms with Crippen LogP contribution in [0.3, 0.4) is 0 Å². The first-order valence-electron chi connectivity index (χ1n) is 13.5. The molecule has 2 aromatic rings. The first kappa shape index (κ1) is 27.5. The molecule has 2 aliphatic heterocycles.